The third-order valence-corrected chi connectivity index (χ3v) is 5.16. The van der Waals surface area contributed by atoms with Crippen LogP contribution in [-0.2, 0) is 10.3 Å². The summed E-state index contributed by atoms with van der Waals surface area (Å²) >= 11 is 1.54. The highest BCUT2D eigenvalue weighted by Gasteiger charge is 2.41. The Morgan fingerprint density at radius 3 is 2.50 bits per heavy atom. The average molecular weight is 335 g/mol. The number of amides is 1. The summed E-state index contributed by atoms with van der Waals surface area (Å²) in [6.07, 6.45) is -3.98. The molecule has 1 amide bonds. The minimum absolute atomic E-state index is 0.127. The summed E-state index contributed by atoms with van der Waals surface area (Å²) in [7, 11) is 0. The number of halogens is 3. The molecular formula is C14H20F3N3OS. The molecule has 0 saturated carbocycles. The van der Waals surface area contributed by atoms with E-state index in [2.05, 4.69) is 10.3 Å². The summed E-state index contributed by atoms with van der Waals surface area (Å²) in [6.45, 7) is 6.62. The standard InChI is InChI=1S/C14H20F3N3OS/c1-8-9(2)22-12(18-8)13(3,4)19-10-5-6-20(11(10)21)7-14(15,16)17/h10,19H,5-7H2,1-4H3/t10-/m0/s1. The number of hydrogen-bond acceptors (Lipinski definition) is 4. The molecule has 0 unspecified atom stereocenters. The molecule has 8 heteroatoms. The van der Waals surface area contributed by atoms with Gasteiger partial charge in [0, 0.05) is 11.4 Å². The Hall–Kier alpha value is -1.15. The zero-order chi connectivity index (χ0) is 16.7. The van der Waals surface area contributed by atoms with Crippen LogP contribution in [0.25, 0.3) is 0 Å². The Labute approximate surface area is 131 Å². The quantitative estimate of drug-likeness (QED) is 0.920. The maximum atomic E-state index is 12.4. The molecule has 0 aromatic carbocycles. The van der Waals surface area contributed by atoms with Crippen molar-refractivity contribution in [3.8, 4) is 0 Å². The van der Waals surface area contributed by atoms with Gasteiger partial charge in [0.1, 0.15) is 11.6 Å². The maximum absolute atomic E-state index is 12.4. The van der Waals surface area contributed by atoms with E-state index in [1.165, 1.54) is 11.3 Å². The first-order chi connectivity index (χ1) is 9.99. The van der Waals surface area contributed by atoms with Gasteiger partial charge in [-0.25, -0.2) is 4.98 Å². The van der Waals surface area contributed by atoms with Crippen molar-refractivity contribution in [1.82, 2.24) is 15.2 Å². The Bertz CT molecular complexity index is 549. The van der Waals surface area contributed by atoms with Gasteiger partial charge >= 0.3 is 6.18 Å². The number of nitrogens with zero attached hydrogens (tertiary/aromatic N) is 2. The average Bonchev–Trinajstić information content (AvgIpc) is 2.85. The number of carbonyl (C=O) groups excluding carboxylic acids is 1. The van der Waals surface area contributed by atoms with Crippen LogP contribution in [0.1, 0.15) is 35.8 Å². The fourth-order valence-electron chi connectivity index (χ4n) is 2.48. The predicted molar refractivity (Wildman–Crippen MR) is 78.8 cm³/mol. The van der Waals surface area contributed by atoms with Crippen molar-refractivity contribution in [1.29, 1.82) is 0 Å². The minimum atomic E-state index is -4.36. The van der Waals surface area contributed by atoms with E-state index in [4.69, 9.17) is 0 Å². The molecule has 2 heterocycles. The molecule has 1 N–H and O–H groups in total. The molecule has 0 aliphatic carbocycles. The Morgan fingerprint density at radius 2 is 2.00 bits per heavy atom. The summed E-state index contributed by atoms with van der Waals surface area (Å²) in [5.41, 5.74) is 0.379. The Kier molecular flexibility index (Phi) is 4.54. The number of likely N-dealkylation sites (tertiary alicyclic amines) is 1. The van der Waals surface area contributed by atoms with E-state index in [1.54, 1.807) is 0 Å². The van der Waals surface area contributed by atoms with Crippen LogP contribution >= 0.6 is 11.3 Å². The molecule has 22 heavy (non-hydrogen) atoms. The molecule has 1 atom stereocenters. The van der Waals surface area contributed by atoms with Crippen molar-refractivity contribution >= 4 is 17.2 Å². The third kappa shape index (κ3) is 3.78. The van der Waals surface area contributed by atoms with Crippen LogP contribution in [0.4, 0.5) is 13.2 Å². The van der Waals surface area contributed by atoms with Crippen LogP contribution in [0, 0.1) is 13.8 Å². The van der Waals surface area contributed by atoms with E-state index in [9.17, 15) is 18.0 Å². The topological polar surface area (TPSA) is 45.2 Å². The minimum Gasteiger partial charge on any atom is -0.332 e. The van der Waals surface area contributed by atoms with Gasteiger partial charge in [0.05, 0.1) is 17.3 Å². The summed E-state index contributed by atoms with van der Waals surface area (Å²) in [4.78, 5) is 18.6. The maximum Gasteiger partial charge on any atom is 0.406 e. The van der Waals surface area contributed by atoms with Gasteiger partial charge in [-0.2, -0.15) is 13.2 Å². The molecule has 4 nitrogen and oxygen atoms in total. The van der Waals surface area contributed by atoms with Gasteiger partial charge in [-0.15, -0.1) is 11.3 Å². The smallest absolute Gasteiger partial charge is 0.332 e. The first-order valence-corrected chi connectivity index (χ1v) is 7.89. The lowest BCUT2D eigenvalue weighted by molar-refractivity contribution is -0.158. The number of carbonyl (C=O) groups is 1. The Morgan fingerprint density at radius 1 is 1.36 bits per heavy atom. The third-order valence-electron chi connectivity index (χ3n) is 3.77. The fraction of sp³-hybridized carbons (Fsp3) is 0.714. The predicted octanol–water partition coefficient (Wildman–Crippen LogP) is 2.75. The number of nitrogens with one attached hydrogen (secondary N) is 1. The molecular weight excluding hydrogens is 315 g/mol. The van der Waals surface area contributed by atoms with E-state index < -0.39 is 30.2 Å². The normalized spacial score (nSPS) is 20.0. The van der Waals surface area contributed by atoms with E-state index in [0.717, 1.165) is 20.5 Å². The molecule has 0 radical (unpaired) electrons. The van der Waals surface area contributed by atoms with Crippen molar-refractivity contribution < 1.29 is 18.0 Å². The molecule has 1 aliphatic heterocycles. The van der Waals surface area contributed by atoms with Gasteiger partial charge in [-0.05, 0) is 34.1 Å². The van der Waals surface area contributed by atoms with Crippen molar-refractivity contribution in [2.24, 2.45) is 0 Å². The first-order valence-electron chi connectivity index (χ1n) is 7.07. The monoisotopic (exact) mass is 335 g/mol. The first kappa shape index (κ1) is 17.2. The van der Waals surface area contributed by atoms with Crippen molar-refractivity contribution in [2.75, 3.05) is 13.1 Å². The van der Waals surface area contributed by atoms with E-state index in [0.29, 0.717) is 6.42 Å². The highest BCUT2D eigenvalue weighted by atomic mass is 32.1. The molecule has 1 fully saturated rings. The lowest BCUT2D eigenvalue weighted by atomic mass is 10.0. The van der Waals surface area contributed by atoms with Crippen LogP contribution in [0.2, 0.25) is 0 Å². The van der Waals surface area contributed by atoms with E-state index in [1.807, 2.05) is 27.7 Å². The molecule has 2 rings (SSSR count). The highest BCUT2D eigenvalue weighted by Crippen LogP contribution is 2.29. The van der Waals surface area contributed by atoms with Gasteiger partial charge in [0.15, 0.2) is 0 Å². The number of aryl methyl sites for hydroxylation is 2. The van der Waals surface area contributed by atoms with Crippen LogP contribution in [0.5, 0.6) is 0 Å². The lowest BCUT2D eigenvalue weighted by Gasteiger charge is -2.27. The fourth-order valence-corrected chi connectivity index (χ4v) is 3.46. The molecule has 124 valence electrons. The molecule has 0 spiro atoms. The van der Waals surface area contributed by atoms with Crippen LogP contribution < -0.4 is 5.32 Å². The summed E-state index contributed by atoms with van der Waals surface area (Å²) < 4.78 is 37.3. The Balaban J connectivity index is 2.06. The van der Waals surface area contributed by atoms with Gasteiger partial charge in [0.25, 0.3) is 0 Å². The molecule has 1 aliphatic rings. The van der Waals surface area contributed by atoms with E-state index in [-0.39, 0.29) is 6.54 Å². The second-order valence-corrected chi connectivity index (χ2v) is 7.35. The van der Waals surface area contributed by atoms with Crippen LogP contribution in [0.15, 0.2) is 0 Å². The highest BCUT2D eigenvalue weighted by molar-refractivity contribution is 7.11. The van der Waals surface area contributed by atoms with Crippen molar-refractivity contribution in [2.45, 2.75) is 51.9 Å². The van der Waals surface area contributed by atoms with E-state index >= 15 is 0 Å². The number of hydrogen-bond donors (Lipinski definition) is 1. The zero-order valence-corrected chi connectivity index (χ0v) is 13.9. The van der Waals surface area contributed by atoms with Gasteiger partial charge in [-0.1, -0.05) is 0 Å². The number of thiazole rings is 1. The van der Waals surface area contributed by atoms with Crippen molar-refractivity contribution in [3.05, 3.63) is 15.6 Å². The van der Waals surface area contributed by atoms with Gasteiger partial charge in [-0.3, -0.25) is 10.1 Å². The molecule has 0 bridgehead atoms. The largest absolute Gasteiger partial charge is 0.406 e. The molecule has 1 saturated heterocycles. The molecule has 1 aromatic rings. The SMILES string of the molecule is Cc1nc(C(C)(C)N[C@H]2CCN(CC(F)(F)F)C2=O)sc1C. The number of alkyl halides is 3. The number of rotatable bonds is 4. The van der Waals surface area contributed by atoms with Gasteiger partial charge < -0.3 is 4.90 Å². The molecule has 1 aromatic heterocycles. The number of aromatic nitrogens is 1. The van der Waals surface area contributed by atoms with Crippen molar-refractivity contribution in [3.63, 3.8) is 0 Å². The second kappa shape index (κ2) is 5.81. The summed E-state index contributed by atoms with van der Waals surface area (Å²) in [6, 6.07) is -0.595. The zero-order valence-electron chi connectivity index (χ0n) is 13.0. The summed E-state index contributed by atoms with van der Waals surface area (Å²) in [5, 5.41) is 4.00. The summed E-state index contributed by atoms with van der Waals surface area (Å²) in [5.74, 6) is -0.490. The second-order valence-electron chi connectivity index (χ2n) is 6.15. The van der Waals surface area contributed by atoms with Gasteiger partial charge in [0.2, 0.25) is 5.91 Å². The van der Waals surface area contributed by atoms with Crippen LogP contribution in [-0.4, -0.2) is 41.1 Å². The lowest BCUT2D eigenvalue weighted by Crippen LogP contribution is -2.48. The van der Waals surface area contributed by atoms with Crippen LogP contribution in [0.3, 0.4) is 0 Å².